The van der Waals surface area contributed by atoms with Crippen molar-refractivity contribution in [1.82, 2.24) is 9.62 Å². The van der Waals surface area contributed by atoms with Gasteiger partial charge in [0, 0.05) is 49.3 Å². The van der Waals surface area contributed by atoms with Gasteiger partial charge in [-0.3, -0.25) is 9.52 Å². The predicted molar refractivity (Wildman–Crippen MR) is 190 cm³/mol. The number of alkyl halides is 2. The molecule has 0 unspecified atom stereocenters. The number of hydrogen-bond acceptors (Lipinski definition) is 6. The average molecular weight is 731 g/mol. The van der Waals surface area contributed by atoms with Crippen LogP contribution in [0, 0.1) is 23.7 Å². The second-order valence-electron chi connectivity index (χ2n) is 14.9. The third-order valence-electron chi connectivity index (χ3n) is 11.3. The SMILES string of the molecule is CO[C@H]1/C=C/C[C@H](C)C[S@@](=O)(NC(=O)N2CC(C(F)F)C2)=NC(=O)c2ccc3c(c2)N(C[C@@H]2CC[C@H]21)C[C@@]1(CCCc2cc(Cl)ccc21)CO3. The quantitative estimate of drug-likeness (QED) is 0.346. The maximum atomic E-state index is 14.3. The lowest BCUT2D eigenvalue weighted by Crippen LogP contribution is -2.57. The summed E-state index contributed by atoms with van der Waals surface area (Å²) >= 11 is 6.43. The summed E-state index contributed by atoms with van der Waals surface area (Å²) in [4.78, 5) is 30.5. The maximum absolute atomic E-state index is 14.3. The topological polar surface area (TPSA) is 101 Å². The van der Waals surface area contributed by atoms with Crippen LogP contribution in [-0.2, 0) is 26.5 Å². The smallest absolute Gasteiger partial charge is 0.329 e. The van der Waals surface area contributed by atoms with E-state index < -0.39 is 34.2 Å². The van der Waals surface area contributed by atoms with Crippen molar-refractivity contribution in [1.29, 1.82) is 0 Å². The van der Waals surface area contributed by atoms with Gasteiger partial charge in [-0.2, -0.15) is 0 Å². The van der Waals surface area contributed by atoms with Crippen molar-refractivity contribution in [3.05, 3.63) is 70.3 Å². The number of hydrogen-bond donors (Lipinski definition) is 1. The number of nitrogens with zero attached hydrogens (tertiary/aromatic N) is 3. The van der Waals surface area contributed by atoms with Crippen LogP contribution in [0.1, 0.15) is 60.5 Å². The molecule has 1 saturated carbocycles. The third-order valence-corrected chi connectivity index (χ3v) is 13.5. The number of urea groups is 1. The summed E-state index contributed by atoms with van der Waals surface area (Å²) in [7, 11) is -1.90. The Hall–Kier alpha value is -3.22. The zero-order valence-corrected chi connectivity index (χ0v) is 30.1. The molecule has 0 radical (unpaired) electrons. The molecule has 1 saturated heterocycles. The van der Waals surface area contributed by atoms with Crippen LogP contribution in [0.15, 0.2) is 52.9 Å². The lowest BCUT2D eigenvalue weighted by molar-refractivity contribution is -0.00359. The lowest BCUT2D eigenvalue weighted by Gasteiger charge is -2.46. The van der Waals surface area contributed by atoms with E-state index >= 15 is 0 Å². The van der Waals surface area contributed by atoms with Crippen LogP contribution in [0.5, 0.6) is 5.75 Å². The van der Waals surface area contributed by atoms with Crippen molar-refractivity contribution in [2.45, 2.75) is 63.4 Å². The molecule has 2 aromatic rings. The summed E-state index contributed by atoms with van der Waals surface area (Å²) in [5, 5.41) is 0.718. The van der Waals surface area contributed by atoms with E-state index in [4.69, 9.17) is 21.1 Å². The summed E-state index contributed by atoms with van der Waals surface area (Å²) in [5.41, 5.74) is 3.19. The van der Waals surface area contributed by atoms with Gasteiger partial charge in [-0.05, 0) is 97.7 Å². The number of fused-ring (bicyclic) bond motifs is 4. The van der Waals surface area contributed by atoms with Gasteiger partial charge in [-0.25, -0.2) is 17.8 Å². The van der Waals surface area contributed by atoms with Crippen LogP contribution in [0.4, 0.5) is 19.3 Å². The number of anilines is 1. The number of ether oxygens (including phenoxy) is 2. The third kappa shape index (κ3) is 6.99. The standard InChI is InChI=1S/C37H45ClF2N4O5S/c1-23-5-3-7-32(48-2)29-11-8-26(29)17-44-21-37(14-4-6-24-15-28(38)10-12-30(24)37)22-49-33-13-9-25(16-31(33)44)35(45)41-50(47,20-23)42-36(46)43-18-27(19-43)34(39)40/h3,7,9-10,12-13,15-16,23,26-27,29,32,34H,4-6,8,11,14,17-22H2,1-2H3,(H,41,42,45,46,47)/b7-3+/t23-,26-,29+,32-,37-,50-/m0/s1. The maximum Gasteiger partial charge on any atom is 0.329 e. The van der Waals surface area contributed by atoms with Gasteiger partial charge < -0.3 is 19.3 Å². The Kier molecular flexibility index (Phi) is 9.90. The molecule has 2 aliphatic carbocycles. The summed E-state index contributed by atoms with van der Waals surface area (Å²) in [6.07, 6.45) is 6.98. The average Bonchev–Trinajstić information content (AvgIpc) is 3.17. The monoisotopic (exact) mass is 730 g/mol. The van der Waals surface area contributed by atoms with Gasteiger partial charge in [0.15, 0.2) is 0 Å². The first-order valence-electron chi connectivity index (χ1n) is 17.6. The molecule has 13 heteroatoms. The minimum atomic E-state index is -3.63. The van der Waals surface area contributed by atoms with E-state index in [9.17, 15) is 22.6 Å². The van der Waals surface area contributed by atoms with E-state index in [1.165, 1.54) is 16.0 Å². The van der Waals surface area contributed by atoms with Crippen molar-refractivity contribution in [3.63, 3.8) is 0 Å². The molecule has 1 N–H and O–H groups in total. The minimum absolute atomic E-state index is 0.0865. The highest BCUT2D eigenvalue weighted by atomic mass is 35.5. The summed E-state index contributed by atoms with van der Waals surface area (Å²) in [5.74, 6) is -0.632. The molecule has 3 heterocycles. The summed E-state index contributed by atoms with van der Waals surface area (Å²) in [6.45, 7) is 3.49. The first-order valence-corrected chi connectivity index (χ1v) is 19.7. The van der Waals surface area contributed by atoms with Crippen LogP contribution in [-0.4, -0.2) is 79.2 Å². The molecule has 6 atom stereocenters. The lowest BCUT2D eigenvalue weighted by atomic mass is 9.68. The Morgan fingerprint density at radius 3 is 2.74 bits per heavy atom. The zero-order chi connectivity index (χ0) is 35.2. The number of carbonyl (C=O) groups excluding carboxylic acids is 2. The van der Waals surface area contributed by atoms with E-state index in [1.54, 1.807) is 25.3 Å². The van der Waals surface area contributed by atoms with Gasteiger partial charge in [-0.15, -0.1) is 4.36 Å². The Bertz CT molecular complexity index is 1790. The number of methoxy groups -OCH3 is 1. The molecule has 50 heavy (non-hydrogen) atoms. The number of benzene rings is 2. The molecule has 3 amide bonds. The fourth-order valence-electron chi connectivity index (χ4n) is 8.41. The molecule has 2 aromatic carbocycles. The molecule has 9 nitrogen and oxygen atoms in total. The Labute approximate surface area is 298 Å². The number of rotatable bonds is 3. The number of nitrogens with one attached hydrogen (secondary N) is 1. The van der Waals surface area contributed by atoms with Gasteiger partial charge in [-0.1, -0.05) is 36.7 Å². The number of aryl methyl sites for hydroxylation is 1. The van der Waals surface area contributed by atoms with Crippen LogP contribution in [0.3, 0.4) is 0 Å². The van der Waals surface area contributed by atoms with Gasteiger partial charge in [0.1, 0.15) is 15.7 Å². The van der Waals surface area contributed by atoms with E-state index in [0.29, 0.717) is 37.2 Å². The normalized spacial score (nSPS) is 32.1. The van der Waals surface area contributed by atoms with Crippen molar-refractivity contribution < 1.29 is 32.1 Å². The summed E-state index contributed by atoms with van der Waals surface area (Å²) in [6, 6.07) is 10.6. The molecular weight excluding hydrogens is 686 g/mol. The van der Waals surface area contributed by atoms with E-state index in [2.05, 4.69) is 32.2 Å². The van der Waals surface area contributed by atoms with Crippen LogP contribution < -0.4 is 14.4 Å². The predicted octanol–water partition coefficient (Wildman–Crippen LogP) is 6.88. The molecule has 3 aliphatic heterocycles. The largest absolute Gasteiger partial charge is 0.490 e. The van der Waals surface area contributed by atoms with Gasteiger partial charge in [0.2, 0.25) is 6.43 Å². The number of likely N-dealkylation sites (tertiary alicyclic amines) is 1. The van der Waals surface area contributed by atoms with Gasteiger partial charge >= 0.3 is 6.03 Å². The number of carbonyl (C=O) groups is 2. The van der Waals surface area contributed by atoms with Gasteiger partial charge in [0.05, 0.1) is 30.1 Å². The first-order chi connectivity index (χ1) is 24.0. The van der Waals surface area contributed by atoms with Crippen molar-refractivity contribution in [2.75, 3.05) is 50.5 Å². The highest BCUT2D eigenvalue weighted by Gasteiger charge is 2.44. The molecule has 270 valence electrons. The van der Waals surface area contributed by atoms with Crippen LogP contribution in [0.2, 0.25) is 5.02 Å². The molecule has 0 aromatic heterocycles. The second kappa shape index (κ2) is 14.1. The van der Waals surface area contributed by atoms with Gasteiger partial charge in [0.25, 0.3) is 5.91 Å². The van der Waals surface area contributed by atoms with Crippen molar-refractivity contribution >= 4 is 39.1 Å². The Balaban J connectivity index is 1.27. The molecule has 7 rings (SSSR count). The highest BCUT2D eigenvalue weighted by Crippen LogP contribution is 2.47. The van der Waals surface area contributed by atoms with Crippen molar-refractivity contribution in [3.8, 4) is 5.75 Å². The fraction of sp³-hybridized carbons (Fsp3) is 0.568. The molecule has 5 aliphatic rings. The number of halogens is 3. The molecule has 2 fully saturated rings. The number of allylic oxidation sites excluding steroid dienone is 1. The van der Waals surface area contributed by atoms with Crippen LogP contribution in [0.25, 0.3) is 0 Å². The van der Waals surface area contributed by atoms with E-state index in [0.717, 1.165) is 49.4 Å². The fourth-order valence-corrected chi connectivity index (χ4v) is 10.5. The Morgan fingerprint density at radius 2 is 2.00 bits per heavy atom. The molecular formula is C37H45ClF2N4O5S. The zero-order valence-electron chi connectivity index (χ0n) is 28.5. The number of amides is 3. The Morgan fingerprint density at radius 1 is 1.18 bits per heavy atom. The minimum Gasteiger partial charge on any atom is -0.490 e. The molecule has 2 bridgehead atoms. The van der Waals surface area contributed by atoms with Crippen LogP contribution >= 0.6 is 11.6 Å². The first kappa shape index (κ1) is 35.2. The van der Waals surface area contributed by atoms with Crippen molar-refractivity contribution in [2.24, 2.45) is 28.0 Å². The van der Waals surface area contributed by atoms with E-state index in [-0.39, 0.29) is 41.8 Å². The second-order valence-corrected chi connectivity index (χ2v) is 17.3. The molecule has 1 spiro atoms. The summed E-state index contributed by atoms with van der Waals surface area (Å²) < 4.78 is 59.8. The van der Waals surface area contributed by atoms with E-state index in [1.807, 2.05) is 19.1 Å². The highest BCUT2D eigenvalue weighted by molar-refractivity contribution is 7.92.